The number of H-pyrrole nitrogens is 1. The van der Waals surface area contributed by atoms with E-state index >= 15 is 0 Å². The molecule has 1 aromatic carbocycles. The van der Waals surface area contributed by atoms with Crippen LogP contribution in [0.2, 0.25) is 0 Å². The maximum Gasteiger partial charge on any atom is 0.275 e. The number of amides is 1. The molecular weight excluding hydrogens is 276 g/mol. The van der Waals surface area contributed by atoms with Crippen LogP contribution in [0, 0.1) is 0 Å². The Kier molecular flexibility index (Phi) is 3.11. The first-order valence-corrected chi connectivity index (χ1v) is 7.47. The smallest absolute Gasteiger partial charge is 0.275 e. The fourth-order valence-corrected chi connectivity index (χ4v) is 3.04. The Bertz CT molecular complexity index is 839. The number of carbonyl (C=O) groups excluding carboxylic acids is 1. The van der Waals surface area contributed by atoms with Gasteiger partial charge in [0.2, 0.25) is 0 Å². The van der Waals surface area contributed by atoms with Crippen molar-refractivity contribution in [2.45, 2.75) is 19.4 Å². The summed E-state index contributed by atoms with van der Waals surface area (Å²) >= 11 is 0. The van der Waals surface area contributed by atoms with Gasteiger partial charge < -0.3 is 4.90 Å². The maximum atomic E-state index is 12.9. The number of fused-ring (bicyclic) bond motifs is 2. The van der Waals surface area contributed by atoms with Crippen LogP contribution in [-0.4, -0.2) is 32.5 Å². The molecule has 0 unspecified atom stereocenters. The van der Waals surface area contributed by atoms with Gasteiger partial charge in [-0.15, -0.1) is 0 Å². The molecule has 5 nitrogen and oxygen atoms in total. The van der Waals surface area contributed by atoms with Crippen molar-refractivity contribution in [2.75, 3.05) is 6.54 Å². The van der Waals surface area contributed by atoms with Gasteiger partial charge in [0.25, 0.3) is 5.91 Å². The fourth-order valence-electron chi connectivity index (χ4n) is 3.04. The number of pyridine rings is 1. The molecular formula is C17H16N4O. The van der Waals surface area contributed by atoms with Gasteiger partial charge in [-0.25, -0.2) is 0 Å². The number of aromatic nitrogens is 3. The molecule has 0 saturated carbocycles. The SMILES string of the molecule is O=C(c1n[nH]c2ccccc12)N1CCCc2ccncc2C1. The van der Waals surface area contributed by atoms with Crippen LogP contribution in [0.15, 0.2) is 42.7 Å². The summed E-state index contributed by atoms with van der Waals surface area (Å²) in [5.41, 5.74) is 3.82. The van der Waals surface area contributed by atoms with Gasteiger partial charge >= 0.3 is 0 Å². The highest BCUT2D eigenvalue weighted by Crippen LogP contribution is 2.21. The molecule has 1 aliphatic rings. The van der Waals surface area contributed by atoms with E-state index in [0.717, 1.165) is 35.9 Å². The number of aromatic amines is 1. The molecule has 0 spiro atoms. The van der Waals surface area contributed by atoms with Crippen LogP contribution in [0.4, 0.5) is 0 Å². The number of aryl methyl sites for hydroxylation is 1. The lowest BCUT2D eigenvalue weighted by atomic mass is 10.1. The van der Waals surface area contributed by atoms with Crippen LogP contribution in [0.3, 0.4) is 0 Å². The Labute approximate surface area is 128 Å². The van der Waals surface area contributed by atoms with Crippen molar-refractivity contribution < 1.29 is 4.79 Å². The average Bonchev–Trinajstić information content (AvgIpc) is 2.86. The van der Waals surface area contributed by atoms with Crippen LogP contribution < -0.4 is 0 Å². The second-order valence-electron chi connectivity index (χ2n) is 5.59. The van der Waals surface area contributed by atoms with Crippen LogP contribution in [0.5, 0.6) is 0 Å². The lowest BCUT2D eigenvalue weighted by molar-refractivity contribution is 0.0741. The number of hydrogen-bond donors (Lipinski definition) is 1. The first-order chi connectivity index (χ1) is 10.8. The Morgan fingerprint density at radius 2 is 2.09 bits per heavy atom. The third-order valence-electron chi connectivity index (χ3n) is 4.20. The summed E-state index contributed by atoms with van der Waals surface area (Å²) in [4.78, 5) is 18.9. The number of carbonyl (C=O) groups is 1. The molecule has 3 heterocycles. The topological polar surface area (TPSA) is 61.9 Å². The van der Waals surface area contributed by atoms with Crippen LogP contribution in [-0.2, 0) is 13.0 Å². The van der Waals surface area contributed by atoms with E-state index in [-0.39, 0.29) is 5.91 Å². The van der Waals surface area contributed by atoms with E-state index in [9.17, 15) is 4.79 Å². The maximum absolute atomic E-state index is 12.9. The van der Waals surface area contributed by atoms with Crippen molar-refractivity contribution in [1.82, 2.24) is 20.1 Å². The lowest BCUT2D eigenvalue weighted by Gasteiger charge is -2.19. The molecule has 1 N–H and O–H groups in total. The zero-order chi connectivity index (χ0) is 14.9. The summed E-state index contributed by atoms with van der Waals surface area (Å²) in [6, 6.07) is 9.77. The number of nitrogens with zero attached hydrogens (tertiary/aromatic N) is 3. The molecule has 4 rings (SSSR count). The number of benzene rings is 1. The monoisotopic (exact) mass is 292 g/mol. The van der Waals surface area contributed by atoms with Gasteiger partial charge in [-0.05, 0) is 36.1 Å². The van der Waals surface area contributed by atoms with Crippen LogP contribution in [0.25, 0.3) is 10.9 Å². The molecule has 3 aromatic rings. The summed E-state index contributed by atoms with van der Waals surface area (Å²) in [6.07, 6.45) is 5.63. The molecule has 0 aliphatic carbocycles. The number of rotatable bonds is 1. The minimum absolute atomic E-state index is 0.0193. The first kappa shape index (κ1) is 13.0. The lowest BCUT2D eigenvalue weighted by Crippen LogP contribution is -2.31. The van der Waals surface area contributed by atoms with Gasteiger partial charge in [-0.3, -0.25) is 14.9 Å². The summed E-state index contributed by atoms with van der Waals surface area (Å²) in [5, 5.41) is 8.04. The third kappa shape index (κ3) is 2.15. The summed E-state index contributed by atoms with van der Waals surface area (Å²) in [6.45, 7) is 1.35. The first-order valence-electron chi connectivity index (χ1n) is 7.47. The molecule has 1 amide bonds. The Morgan fingerprint density at radius 3 is 3.05 bits per heavy atom. The van der Waals surface area contributed by atoms with Gasteiger partial charge in [-0.2, -0.15) is 5.10 Å². The quantitative estimate of drug-likeness (QED) is 0.749. The predicted molar refractivity (Wildman–Crippen MR) is 83.4 cm³/mol. The Balaban J connectivity index is 1.68. The van der Waals surface area contributed by atoms with E-state index in [2.05, 4.69) is 15.2 Å². The van der Waals surface area contributed by atoms with E-state index in [1.165, 1.54) is 5.56 Å². The van der Waals surface area contributed by atoms with E-state index < -0.39 is 0 Å². The minimum Gasteiger partial charge on any atom is -0.333 e. The van der Waals surface area contributed by atoms with E-state index in [4.69, 9.17) is 0 Å². The van der Waals surface area contributed by atoms with E-state index in [1.807, 2.05) is 47.6 Å². The molecule has 110 valence electrons. The van der Waals surface area contributed by atoms with Gasteiger partial charge in [-0.1, -0.05) is 18.2 Å². The zero-order valence-electron chi connectivity index (χ0n) is 12.1. The molecule has 1 aliphatic heterocycles. The highest BCUT2D eigenvalue weighted by molar-refractivity contribution is 6.04. The van der Waals surface area contributed by atoms with E-state index in [1.54, 1.807) is 0 Å². The van der Waals surface area contributed by atoms with Crippen molar-refractivity contribution in [3.05, 3.63) is 59.5 Å². The molecule has 0 radical (unpaired) electrons. The third-order valence-corrected chi connectivity index (χ3v) is 4.20. The molecule has 0 bridgehead atoms. The van der Waals surface area contributed by atoms with Crippen molar-refractivity contribution in [2.24, 2.45) is 0 Å². The predicted octanol–water partition coefficient (Wildman–Crippen LogP) is 2.55. The molecule has 22 heavy (non-hydrogen) atoms. The number of nitrogens with one attached hydrogen (secondary N) is 1. The second kappa shape index (κ2) is 5.26. The second-order valence-corrected chi connectivity index (χ2v) is 5.59. The standard InChI is InChI=1S/C17H16N4O/c22-17(16-14-5-1-2-6-15(14)19-20-16)21-9-3-4-12-7-8-18-10-13(12)11-21/h1-2,5-8,10H,3-4,9,11H2,(H,19,20). The molecule has 0 fully saturated rings. The minimum atomic E-state index is -0.0193. The molecule has 0 atom stereocenters. The molecule has 0 saturated heterocycles. The van der Waals surface area contributed by atoms with E-state index in [0.29, 0.717) is 12.2 Å². The van der Waals surface area contributed by atoms with Crippen LogP contribution >= 0.6 is 0 Å². The highest BCUT2D eigenvalue weighted by Gasteiger charge is 2.23. The largest absolute Gasteiger partial charge is 0.333 e. The van der Waals surface area contributed by atoms with Crippen LogP contribution in [0.1, 0.15) is 28.0 Å². The molecule has 2 aromatic heterocycles. The van der Waals surface area contributed by atoms with Crippen molar-refractivity contribution in [1.29, 1.82) is 0 Å². The summed E-state index contributed by atoms with van der Waals surface area (Å²) in [7, 11) is 0. The van der Waals surface area contributed by atoms with Crippen molar-refractivity contribution >= 4 is 16.8 Å². The summed E-state index contributed by atoms with van der Waals surface area (Å²) < 4.78 is 0. The van der Waals surface area contributed by atoms with Crippen molar-refractivity contribution in [3.8, 4) is 0 Å². The Hall–Kier alpha value is -2.69. The van der Waals surface area contributed by atoms with Gasteiger partial charge in [0.15, 0.2) is 5.69 Å². The average molecular weight is 292 g/mol. The van der Waals surface area contributed by atoms with Gasteiger partial charge in [0.05, 0.1) is 5.52 Å². The normalized spacial score (nSPS) is 14.6. The van der Waals surface area contributed by atoms with Crippen molar-refractivity contribution in [3.63, 3.8) is 0 Å². The number of para-hydroxylation sites is 1. The Morgan fingerprint density at radius 1 is 1.18 bits per heavy atom. The summed E-state index contributed by atoms with van der Waals surface area (Å²) in [5.74, 6) is -0.0193. The fraction of sp³-hybridized carbons (Fsp3) is 0.235. The molecule has 5 heteroatoms. The van der Waals surface area contributed by atoms with Gasteiger partial charge in [0, 0.05) is 30.9 Å². The zero-order valence-corrected chi connectivity index (χ0v) is 12.1. The van der Waals surface area contributed by atoms with Gasteiger partial charge in [0.1, 0.15) is 0 Å². The number of hydrogen-bond acceptors (Lipinski definition) is 3. The highest BCUT2D eigenvalue weighted by atomic mass is 16.2.